The highest BCUT2D eigenvalue weighted by Gasteiger charge is 2.18. The fourth-order valence-corrected chi connectivity index (χ4v) is 3.79. The summed E-state index contributed by atoms with van der Waals surface area (Å²) in [6.07, 6.45) is 3.04. The molecule has 0 aliphatic heterocycles. The summed E-state index contributed by atoms with van der Waals surface area (Å²) < 4.78 is 6.89. The van der Waals surface area contributed by atoms with Crippen LogP contribution < -0.4 is 10.9 Å². The second kappa shape index (κ2) is 9.64. The van der Waals surface area contributed by atoms with Crippen LogP contribution in [0.25, 0.3) is 28.5 Å². The van der Waals surface area contributed by atoms with Crippen LogP contribution >= 0.6 is 0 Å². The number of aromatic amines is 1. The quantitative estimate of drug-likeness (QED) is 0.348. The minimum absolute atomic E-state index is 0.216. The van der Waals surface area contributed by atoms with Gasteiger partial charge in [-0.05, 0) is 41.8 Å². The van der Waals surface area contributed by atoms with E-state index in [1.54, 1.807) is 36.6 Å². The lowest BCUT2D eigenvalue weighted by Gasteiger charge is -2.09. The Kier molecular flexibility index (Phi) is 6.09. The van der Waals surface area contributed by atoms with E-state index in [0.29, 0.717) is 35.0 Å². The van der Waals surface area contributed by atoms with Gasteiger partial charge < -0.3 is 9.73 Å². The fourth-order valence-electron chi connectivity index (χ4n) is 3.79. The first-order valence-electron chi connectivity index (χ1n) is 11.3. The molecule has 0 spiro atoms. The molecule has 8 heteroatoms. The van der Waals surface area contributed by atoms with Gasteiger partial charge in [-0.25, -0.2) is 4.98 Å². The molecule has 0 aliphatic rings. The van der Waals surface area contributed by atoms with Gasteiger partial charge in [-0.2, -0.15) is 9.78 Å². The number of rotatable bonds is 7. The molecule has 0 atom stereocenters. The molecule has 174 valence electrons. The molecule has 3 aromatic heterocycles. The number of nitrogens with zero attached hydrogens (tertiary/aromatic N) is 3. The number of furan rings is 1. The molecule has 5 rings (SSSR count). The lowest BCUT2D eigenvalue weighted by molar-refractivity contribution is 0.102. The van der Waals surface area contributed by atoms with E-state index in [-0.39, 0.29) is 17.4 Å². The number of carbonyl (C=O) groups is 1. The molecular formula is C27H23N5O3. The van der Waals surface area contributed by atoms with Crippen molar-refractivity contribution >= 4 is 11.7 Å². The number of hydrogen-bond acceptors (Lipinski definition) is 5. The molecule has 0 radical (unpaired) electrons. The van der Waals surface area contributed by atoms with E-state index in [2.05, 4.69) is 20.4 Å². The molecule has 5 aromatic rings. The Morgan fingerprint density at radius 1 is 1.00 bits per heavy atom. The first-order valence-corrected chi connectivity index (χ1v) is 11.3. The van der Waals surface area contributed by atoms with Gasteiger partial charge in [0.15, 0.2) is 5.76 Å². The summed E-state index contributed by atoms with van der Waals surface area (Å²) >= 11 is 0. The van der Waals surface area contributed by atoms with Crippen LogP contribution in [-0.2, 0) is 6.42 Å². The zero-order chi connectivity index (χ0) is 24.2. The first-order chi connectivity index (χ1) is 17.1. The van der Waals surface area contributed by atoms with Crippen LogP contribution in [0, 0.1) is 0 Å². The van der Waals surface area contributed by atoms with Crippen molar-refractivity contribution in [2.75, 3.05) is 5.32 Å². The lowest BCUT2D eigenvalue weighted by Crippen LogP contribution is -2.19. The Hall–Kier alpha value is -4.72. The summed E-state index contributed by atoms with van der Waals surface area (Å²) in [7, 11) is 0. The van der Waals surface area contributed by atoms with Gasteiger partial charge in [-0.15, -0.1) is 0 Å². The maximum absolute atomic E-state index is 13.1. The van der Waals surface area contributed by atoms with E-state index >= 15 is 0 Å². The van der Waals surface area contributed by atoms with Gasteiger partial charge in [0.1, 0.15) is 11.5 Å². The molecule has 8 nitrogen and oxygen atoms in total. The molecule has 35 heavy (non-hydrogen) atoms. The molecule has 2 N–H and O–H groups in total. The highest BCUT2D eigenvalue weighted by molar-refractivity contribution is 6.04. The third kappa shape index (κ3) is 4.81. The monoisotopic (exact) mass is 465 g/mol. The molecule has 1 amide bonds. The zero-order valence-electron chi connectivity index (χ0n) is 19.1. The average Bonchev–Trinajstić information content (AvgIpc) is 3.55. The molecular weight excluding hydrogens is 442 g/mol. The predicted molar refractivity (Wildman–Crippen MR) is 134 cm³/mol. The van der Waals surface area contributed by atoms with Gasteiger partial charge in [0.2, 0.25) is 5.95 Å². The second-order valence-corrected chi connectivity index (χ2v) is 8.01. The molecule has 0 fully saturated rings. The first kappa shape index (κ1) is 22.1. The summed E-state index contributed by atoms with van der Waals surface area (Å²) in [6, 6.07) is 24.0. The van der Waals surface area contributed by atoms with Crippen molar-refractivity contribution in [2.24, 2.45) is 0 Å². The third-order valence-corrected chi connectivity index (χ3v) is 5.47. The van der Waals surface area contributed by atoms with Crippen molar-refractivity contribution in [1.29, 1.82) is 0 Å². The highest BCUT2D eigenvalue weighted by atomic mass is 16.3. The average molecular weight is 466 g/mol. The number of hydrogen-bond donors (Lipinski definition) is 2. The SMILES string of the molecule is CCCc1cc(=O)[nH]c(-n2nc(-c3ccco3)cc2NC(=O)c2ccc(-c3ccccc3)cc2)n1. The van der Waals surface area contributed by atoms with Gasteiger partial charge in [-0.3, -0.25) is 14.6 Å². The number of anilines is 1. The van der Waals surface area contributed by atoms with Crippen molar-refractivity contribution in [1.82, 2.24) is 19.7 Å². The number of aromatic nitrogens is 4. The van der Waals surface area contributed by atoms with Crippen LogP contribution in [0.15, 0.2) is 94.3 Å². The molecule has 0 saturated carbocycles. The number of amides is 1. The largest absolute Gasteiger partial charge is 0.463 e. The number of aryl methyl sites for hydroxylation is 1. The normalized spacial score (nSPS) is 10.9. The van der Waals surface area contributed by atoms with E-state index in [1.807, 2.05) is 49.4 Å². The lowest BCUT2D eigenvalue weighted by atomic mass is 10.0. The minimum atomic E-state index is -0.316. The summed E-state index contributed by atoms with van der Waals surface area (Å²) in [5.41, 5.74) is 3.42. The summed E-state index contributed by atoms with van der Waals surface area (Å²) in [5.74, 6) is 0.779. The van der Waals surface area contributed by atoms with Gasteiger partial charge in [0.25, 0.3) is 11.5 Å². The van der Waals surface area contributed by atoms with Crippen molar-refractivity contribution in [3.05, 3.63) is 107 Å². The van der Waals surface area contributed by atoms with Gasteiger partial charge in [0.05, 0.1) is 6.26 Å². The fraction of sp³-hybridized carbons (Fsp3) is 0.111. The highest BCUT2D eigenvalue weighted by Crippen LogP contribution is 2.25. The second-order valence-electron chi connectivity index (χ2n) is 8.01. The maximum atomic E-state index is 13.1. The summed E-state index contributed by atoms with van der Waals surface area (Å²) in [6.45, 7) is 2.01. The van der Waals surface area contributed by atoms with Crippen LogP contribution in [0.5, 0.6) is 0 Å². The van der Waals surface area contributed by atoms with Crippen LogP contribution in [0.2, 0.25) is 0 Å². The Morgan fingerprint density at radius 2 is 1.77 bits per heavy atom. The van der Waals surface area contributed by atoms with Gasteiger partial charge in [-0.1, -0.05) is 55.8 Å². The number of nitrogens with one attached hydrogen (secondary N) is 2. The van der Waals surface area contributed by atoms with Gasteiger partial charge >= 0.3 is 0 Å². The Labute approximate surface area is 201 Å². The summed E-state index contributed by atoms with van der Waals surface area (Å²) in [4.78, 5) is 32.6. The van der Waals surface area contributed by atoms with Crippen molar-refractivity contribution in [3.63, 3.8) is 0 Å². The van der Waals surface area contributed by atoms with E-state index in [0.717, 1.165) is 17.5 Å². The third-order valence-electron chi connectivity index (χ3n) is 5.47. The predicted octanol–water partition coefficient (Wildman–Crippen LogP) is 5.09. The standard InChI is InChI=1S/C27H23N5O3/c1-2-7-21-16-25(33)30-27(28-21)32-24(17-22(31-32)23-10-6-15-35-23)29-26(34)20-13-11-19(12-14-20)18-8-4-3-5-9-18/h3-6,8-17H,2,7H2,1H3,(H,29,34)(H,28,30,33). The summed E-state index contributed by atoms with van der Waals surface area (Å²) in [5, 5.41) is 7.44. The van der Waals surface area contributed by atoms with E-state index in [1.165, 1.54) is 10.7 Å². The maximum Gasteiger partial charge on any atom is 0.256 e. The van der Waals surface area contributed by atoms with E-state index in [9.17, 15) is 9.59 Å². The Bertz CT molecular complexity index is 1500. The molecule has 0 saturated heterocycles. The van der Waals surface area contributed by atoms with Crippen LogP contribution in [0.4, 0.5) is 5.82 Å². The number of carbonyl (C=O) groups excluding carboxylic acids is 1. The molecule has 0 bridgehead atoms. The minimum Gasteiger partial charge on any atom is -0.463 e. The van der Waals surface area contributed by atoms with Crippen LogP contribution in [0.3, 0.4) is 0 Å². The number of H-pyrrole nitrogens is 1. The van der Waals surface area contributed by atoms with E-state index in [4.69, 9.17) is 4.42 Å². The zero-order valence-corrected chi connectivity index (χ0v) is 19.1. The van der Waals surface area contributed by atoms with Crippen molar-refractivity contribution in [3.8, 4) is 28.5 Å². The Balaban J connectivity index is 1.48. The van der Waals surface area contributed by atoms with Crippen molar-refractivity contribution in [2.45, 2.75) is 19.8 Å². The number of benzene rings is 2. The van der Waals surface area contributed by atoms with Crippen LogP contribution in [0.1, 0.15) is 29.4 Å². The molecule has 0 unspecified atom stereocenters. The Morgan fingerprint density at radius 3 is 2.49 bits per heavy atom. The molecule has 0 aliphatic carbocycles. The van der Waals surface area contributed by atoms with Gasteiger partial charge in [0, 0.05) is 23.4 Å². The smallest absolute Gasteiger partial charge is 0.256 e. The van der Waals surface area contributed by atoms with Crippen molar-refractivity contribution < 1.29 is 9.21 Å². The van der Waals surface area contributed by atoms with E-state index < -0.39 is 0 Å². The molecule has 3 heterocycles. The van der Waals surface area contributed by atoms with Crippen LogP contribution in [-0.4, -0.2) is 25.7 Å². The topological polar surface area (TPSA) is 106 Å². The molecule has 2 aromatic carbocycles.